The maximum atomic E-state index is 9.49. The molecular weight excluding hydrogens is 186 g/mol. The van der Waals surface area contributed by atoms with Gasteiger partial charge in [-0.3, -0.25) is 0 Å². The van der Waals surface area contributed by atoms with Gasteiger partial charge >= 0.3 is 0 Å². The number of aliphatic hydroxyl groups excluding tert-OH is 1. The highest BCUT2D eigenvalue weighted by atomic mass is 16.3. The molecule has 0 aromatic rings. The minimum Gasteiger partial charge on any atom is -0.392 e. The van der Waals surface area contributed by atoms with Crippen LogP contribution in [0.15, 0.2) is 0 Å². The number of rotatable bonds is 9. The third kappa shape index (κ3) is 7.80. The fourth-order valence-corrected chi connectivity index (χ4v) is 1.46. The van der Waals surface area contributed by atoms with Crippen LogP contribution in [-0.4, -0.2) is 23.3 Å². The van der Waals surface area contributed by atoms with Crippen LogP contribution < -0.4 is 5.32 Å². The molecule has 92 valence electrons. The Morgan fingerprint density at radius 2 is 1.60 bits per heavy atom. The van der Waals surface area contributed by atoms with Gasteiger partial charge in [-0.15, -0.1) is 0 Å². The normalized spacial score (nSPS) is 14.2. The molecule has 0 radical (unpaired) electrons. The molecule has 15 heavy (non-hydrogen) atoms. The summed E-state index contributed by atoms with van der Waals surface area (Å²) >= 11 is 0. The van der Waals surface area contributed by atoms with E-state index >= 15 is 0 Å². The number of nitrogens with one attached hydrogen (secondary N) is 1. The Labute approximate surface area is 95.5 Å². The summed E-state index contributed by atoms with van der Waals surface area (Å²) < 4.78 is 0. The lowest BCUT2D eigenvalue weighted by Gasteiger charge is -2.29. The molecule has 1 unspecified atom stereocenters. The number of hydrogen-bond acceptors (Lipinski definition) is 2. The summed E-state index contributed by atoms with van der Waals surface area (Å²) in [6.45, 7) is 9.20. The third-order valence-electron chi connectivity index (χ3n) is 3.16. The number of aliphatic hydroxyl groups is 1. The van der Waals surface area contributed by atoms with Crippen LogP contribution in [0.2, 0.25) is 0 Å². The Hall–Kier alpha value is -0.0800. The van der Waals surface area contributed by atoms with E-state index in [2.05, 4.69) is 26.1 Å². The molecule has 0 aromatic carbocycles. The summed E-state index contributed by atoms with van der Waals surface area (Å²) in [7, 11) is 0. The molecule has 0 aromatic heterocycles. The van der Waals surface area contributed by atoms with Gasteiger partial charge in [0.2, 0.25) is 0 Å². The van der Waals surface area contributed by atoms with E-state index in [1.54, 1.807) is 0 Å². The van der Waals surface area contributed by atoms with Gasteiger partial charge in [0.25, 0.3) is 0 Å². The summed E-state index contributed by atoms with van der Waals surface area (Å²) in [6, 6.07) is 0. The van der Waals surface area contributed by atoms with Crippen molar-refractivity contribution in [3.05, 3.63) is 0 Å². The molecule has 0 aliphatic carbocycles. The Morgan fingerprint density at radius 1 is 1.07 bits per heavy atom. The van der Waals surface area contributed by atoms with Gasteiger partial charge < -0.3 is 10.4 Å². The van der Waals surface area contributed by atoms with Crippen LogP contribution in [0.5, 0.6) is 0 Å². The first-order chi connectivity index (χ1) is 7.00. The predicted molar refractivity (Wildman–Crippen MR) is 67.1 cm³/mol. The molecule has 2 N–H and O–H groups in total. The van der Waals surface area contributed by atoms with Crippen LogP contribution in [0.3, 0.4) is 0 Å². The Balaban J connectivity index is 3.31. The molecule has 0 rings (SSSR count). The zero-order valence-corrected chi connectivity index (χ0v) is 11.0. The SMILES string of the molecule is CCCCCCCCNC(C)(C)C(C)O. The van der Waals surface area contributed by atoms with Crippen molar-refractivity contribution in [2.45, 2.75) is 77.9 Å². The van der Waals surface area contributed by atoms with Crippen molar-refractivity contribution in [1.29, 1.82) is 0 Å². The molecule has 0 bridgehead atoms. The standard InChI is InChI=1S/C13H29NO/c1-5-6-7-8-9-10-11-14-13(3,4)12(2)15/h12,14-15H,5-11H2,1-4H3. The van der Waals surface area contributed by atoms with Gasteiger partial charge in [-0.25, -0.2) is 0 Å². The number of hydrogen-bond donors (Lipinski definition) is 2. The van der Waals surface area contributed by atoms with Crippen molar-refractivity contribution < 1.29 is 5.11 Å². The summed E-state index contributed by atoms with van der Waals surface area (Å²) in [5.41, 5.74) is -0.149. The van der Waals surface area contributed by atoms with Gasteiger partial charge in [0, 0.05) is 5.54 Å². The summed E-state index contributed by atoms with van der Waals surface area (Å²) in [5, 5.41) is 12.9. The maximum absolute atomic E-state index is 9.49. The molecule has 0 amide bonds. The summed E-state index contributed by atoms with van der Waals surface area (Å²) in [5.74, 6) is 0. The lowest BCUT2D eigenvalue weighted by atomic mass is 9.98. The monoisotopic (exact) mass is 215 g/mol. The van der Waals surface area contributed by atoms with Gasteiger partial charge in [0.15, 0.2) is 0 Å². The second kappa shape index (κ2) is 8.12. The van der Waals surface area contributed by atoms with Crippen LogP contribution >= 0.6 is 0 Å². The average Bonchev–Trinajstić information content (AvgIpc) is 2.16. The highest BCUT2D eigenvalue weighted by Gasteiger charge is 2.22. The number of unbranched alkanes of at least 4 members (excludes halogenated alkanes) is 5. The van der Waals surface area contributed by atoms with Crippen LogP contribution in [0.4, 0.5) is 0 Å². The Kier molecular flexibility index (Phi) is 8.07. The minimum atomic E-state index is -0.294. The minimum absolute atomic E-state index is 0.149. The van der Waals surface area contributed by atoms with E-state index in [4.69, 9.17) is 0 Å². The molecule has 0 saturated heterocycles. The molecule has 0 heterocycles. The molecule has 0 saturated carbocycles. The molecule has 2 heteroatoms. The molecular formula is C13H29NO. The summed E-state index contributed by atoms with van der Waals surface area (Å²) in [4.78, 5) is 0. The fraction of sp³-hybridized carbons (Fsp3) is 1.00. The average molecular weight is 215 g/mol. The van der Waals surface area contributed by atoms with Gasteiger partial charge in [-0.1, -0.05) is 39.0 Å². The zero-order chi connectivity index (χ0) is 11.7. The topological polar surface area (TPSA) is 32.3 Å². The van der Waals surface area contributed by atoms with Crippen molar-refractivity contribution in [3.8, 4) is 0 Å². The van der Waals surface area contributed by atoms with E-state index in [-0.39, 0.29) is 11.6 Å². The Bertz CT molecular complexity index is 143. The van der Waals surface area contributed by atoms with Crippen molar-refractivity contribution in [1.82, 2.24) is 5.32 Å². The van der Waals surface area contributed by atoms with Crippen molar-refractivity contribution in [2.75, 3.05) is 6.54 Å². The smallest absolute Gasteiger partial charge is 0.0688 e. The van der Waals surface area contributed by atoms with Gasteiger partial charge in [0.1, 0.15) is 0 Å². The molecule has 1 atom stereocenters. The third-order valence-corrected chi connectivity index (χ3v) is 3.16. The van der Waals surface area contributed by atoms with Crippen LogP contribution in [0, 0.1) is 0 Å². The molecule has 0 fully saturated rings. The van der Waals surface area contributed by atoms with Crippen LogP contribution in [0.1, 0.15) is 66.2 Å². The van der Waals surface area contributed by atoms with Crippen LogP contribution in [0.25, 0.3) is 0 Å². The van der Waals surface area contributed by atoms with Crippen molar-refractivity contribution in [3.63, 3.8) is 0 Å². The second-order valence-corrected chi connectivity index (χ2v) is 5.09. The molecule has 0 spiro atoms. The highest BCUT2D eigenvalue weighted by Crippen LogP contribution is 2.09. The van der Waals surface area contributed by atoms with E-state index in [1.165, 1.54) is 38.5 Å². The second-order valence-electron chi connectivity index (χ2n) is 5.09. The van der Waals surface area contributed by atoms with E-state index < -0.39 is 0 Å². The fourth-order valence-electron chi connectivity index (χ4n) is 1.46. The quantitative estimate of drug-likeness (QED) is 0.579. The lowest BCUT2D eigenvalue weighted by molar-refractivity contribution is 0.0966. The maximum Gasteiger partial charge on any atom is 0.0688 e. The predicted octanol–water partition coefficient (Wildman–Crippen LogP) is 3.10. The lowest BCUT2D eigenvalue weighted by Crippen LogP contribution is -2.48. The van der Waals surface area contributed by atoms with E-state index in [1.807, 2.05) is 6.92 Å². The zero-order valence-electron chi connectivity index (χ0n) is 11.0. The Morgan fingerprint density at radius 3 is 2.13 bits per heavy atom. The first-order valence-electron chi connectivity index (χ1n) is 6.43. The van der Waals surface area contributed by atoms with Gasteiger partial charge in [-0.2, -0.15) is 0 Å². The first kappa shape index (κ1) is 14.9. The van der Waals surface area contributed by atoms with Gasteiger partial charge in [0.05, 0.1) is 6.10 Å². The van der Waals surface area contributed by atoms with Crippen LogP contribution in [-0.2, 0) is 0 Å². The largest absolute Gasteiger partial charge is 0.392 e. The molecule has 0 aliphatic rings. The van der Waals surface area contributed by atoms with E-state index in [0.717, 1.165) is 6.54 Å². The first-order valence-corrected chi connectivity index (χ1v) is 6.43. The highest BCUT2D eigenvalue weighted by molar-refractivity contribution is 4.82. The van der Waals surface area contributed by atoms with E-state index in [0.29, 0.717) is 0 Å². The van der Waals surface area contributed by atoms with Crippen molar-refractivity contribution in [2.24, 2.45) is 0 Å². The molecule has 0 aliphatic heterocycles. The van der Waals surface area contributed by atoms with Gasteiger partial charge in [-0.05, 0) is 33.7 Å². The summed E-state index contributed by atoms with van der Waals surface area (Å²) in [6.07, 6.45) is 7.64. The van der Waals surface area contributed by atoms with Crippen molar-refractivity contribution >= 4 is 0 Å². The van der Waals surface area contributed by atoms with E-state index in [9.17, 15) is 5.11 Å². The molecule has 2 nitrogen and oxygen atoms in total.